The summed E-state index contributed by atoms with van der Waals surface area (Å²) in [6.07, 6.45) is 14.0. The highest BCUT2D eigenvalue weighted by Crippen LogP contribution is 2.62. The summed E-state index contributed by atoms with van der Waals surface area (Å²) in [4.78, 5) is 22.4. The number of hydrogen-bond acceptors (Lipinski definition) is 10. The van der Waals surface area contributed by atoms with Crippen LogP contribution in [0.2, 0.25) is 0 Å². The summed E-state index contributed by atoms with van der Waals surface area (Å²) in [6, 6.07) is 11.0. The van der Waals surface area contributed by atoms with Crippen LogP contribution in [0.15, 0.2) is 97.2 Å². The highest BCUT2D eigenvalue weighted by atomic mass is 19.1. The van der Waals surface area contributed by atoms with E-state index in [1.54, 1.807) is 35.3 Å². The molecule has 4 aliphatic rings. The van der Waals surface area contributed by atoms with Crippen molar-refractivity contribution < 1.29 is 47.9 Å². The van der Waals surface area contributed by atoms with Crippen LogP contribution in [-0.4, -0.2) is 84.7 Å². The summed E-state index contributed by atoms with van der Waals surface area (Å²) in [5.41, 5.74) is 3.18. The summed E-state index contributed by atoms with van der Waals surface area (Å²) in [6.45, 7) is 13.0. The topological polar surface area (TPSA) is 129 Å². The first-order chi connectivity index (χ1) is 28.9. The second-order valence-electron chi connectivity index (χ2n) is 15.7. The molecule has 1 saturated heterocycles. The lowest BCUT2D eigenvalue weighted by Crippen LogP contribution is -2.70. The first kappa shape index (κ1) is 44.1. The van der Waals surface area contributed by atoms with Crippen LogP contribution >= 0.6 is 0 Å². The molecule has 0 bridgehead atoms. The molecule has 6 rings (SSSR count). The van der Waals surface area contributed by atoms with Crippen molar-refractivity contribution in [2.75, 3.05) is 39.6 Å². The van der Waals surface area contributed by atoms with Crippen LogP contribution in [0.5, 0.6) is 11.5 Å². The number of carbonyl (C=O) groups excluding carboxylic acids is 1. The van der Waals surface area contributed by atoms with Crippen molar-refractivity contribution in [2.24, 2.45) is 22.9 Å². The van der Waals surface area contributed by atoms with Gasteiger partial charge in [0, 0.05) is 44.1 Å². The van der Waals surface area contributed by atoms with E-state index in [1.165, 1.54) is 12.1 Å². The minimum atomic E-state index is -1.50. The zero-order chi connectivity index (χ0) is 41.6. The molecule has 2 aliphatic heterocycles. The predicted octanol–water partition coefficient (Wildman–Crippen LogP) is 8.77. The van der Waals surface area contributed by atoms with Crippen LogP contribution < -0.4 is 9.47 Å². The maximum absolute atomic E-state index is 14.6. The van der Waals surface area contributed by atoms with E-state index in [-0.39, 0.29) is 57.1 Å². The molecule has 2 aromatic carbocycles. The second-order valence-corrected chi connectivity index (χ2v) is 15.7. The van der Waals surface area contributed by atoms with Gasteiger partial charge in [0.15, 0.2) is 0 Å². The van der Waals surface area contributed by atoms with Crippen LogP contribution in [0.3, 0.4) is 0 Å². The molecular weight excluding hydrogens is 756 g/mol. The molecule has 11 nitrogen and oxygen atoms in total. The number of amides is 1. The van der Waals surface area contributed by atoms with Crippen LogP contribution in [-0.2, 0) is 25.6 Å². The van der Waals surface area contributed by atoms with E-state index in [0.29, 0.717) is 61.7 Å². The van der Waals surface area contributed by atoms with Crippen LogP contribution in [0, 0.1) is 23.6 Å². The molecule has 1 saturated carbocycles. The third-order valence-electron chi connectivity index (χ3n) is 11.9. The molecule has 0 radical (unpaired) electrons. The number of aliphatic hydroxyl groups is 2. The maximum Gasteiger partial charge on any atom is 0.410 e. The highest BCUT2D eigenvalue weighted by Gasteiger charge is 2.65. The van der Waals surface area contributed by atoms with Gasteiger partial charge in [-0.05, 0) is 98.2 Å². The molecule has 2 aromatic rings. The second kappa shape index (κ2) is 21.7. The molecule has 320 valence electrons. The number of rotatable bonds is 22. The molecule has 7 atom stereocenters. The number of oxime groups is 1. The standard InChI is InChI=1S/C47H61FN2O9/c1-4-7-27-56-46(53)50(32-33-17-19-35(48)20-18-33)42-31-40(49-59-43-16-10-13-28-55-43)38-29-34(14-8-11-23-51)37(15-9-12-24-52)44-39-30-36(54-25-5-2)21-22-41(39)58-47(42,45(38)44)57-26-6-3/h4-6,17-22,29-30,34,37,42-45,51-52H,1-3,7-16,23-28,31-32H2/t34-,37+,42-,43?,44+,45+,47+/m0/s1. The molecule has 2 fully saturated rings. The Morgan fingerprint density at radius 2 is 1.76 bits per heavy atom. The van der Waals surface area contributed by atoms with Gasteiger partial charge in [-0.1, -0.05) is 61.0 Å². The molecule has 2 N–H and O–H groups in total. The number of halogens is 1. The van der Waals surface area contributed by atoms with E-state index in [2.05, 4.69) is 25.8 Å². The Morgan fingerprint density at radius 3 is 2.47 bits per heavy atom. The number of allylic oxidation sites excluding steroid dienone is 1. The predicted molar refractivity (Wildman–Crippen MR) is 223 cm³/mol. The van der Waals surface area contributed by atoms with Crippen molar-refractivity contribution in [3.05, 3.63) is 109 Å². The lowest BCUT2D eigenvalue weighted by Gasteiger charge is -2.60. The molecule has 1 unspecified atom stereocenters. The zero-order valence-corrected chi connectivity index (χ0v) is 34.2. The SMILES string of the molecule is C=CCCOC(=O)N(Cc1ccc(F)cc1)[C@H]1CC(=NOC2CCCCO2)C2=C[C@H](CCCCO)[C@@H](CCCCO)[C@@H]3c4cc(OCC=C)ccc4O[C@@]1(OCC=C)[C@H]23. The van der Waals surface area contributed by atoms with E-state index in [9.17, 15) is 19.4 Å². The fourth-order valence-corrected chi connectivity index (χ4v) is 9.21. The number of hydrogen-bond donors (Lipinski definition) is 2. The quantitative estimate of drug-likeness (QED) is 0.0681. The number of nitrogens with zero attached hydrogens (tertiary/aromatic N) is 2. The number of benzene rings is 2. The lowest BCUT2D eigenvalue weighted by atomic mass is 9.55. The smallest absolute Gasteiger partial charge is 0.410 e. The minimum absolute atomic E-state index is 0.0330. The van der Waals surface area contributed by atoms with Crippen LogP contribution in [0.1, 0.15) is 87.7 Å². The normalized spacial score (nSPS) is 26.4. The minimum Gasteiger partial charge on any atom is -0.490 e. The first-order valence-corrected chi connectivity index (χ1v) is 21.3. The summed E-state index contributed by atoms with van der Waals surface area (Å²) in [7, 11) is 0. The van der Waals surface area contributed by atoms with Crippen molar-refractivity contribution in [2.45, 2.75) is 101 Å². The third-order valence-corrected chi connectivity index (χ3v) is 11.9. The maximum atomic E-state index is 14.6. The number of aliphatic hydroxyl groups excluding tert-OH is 2. The molecule has 0 aromatic heterocycles. The summed E-state index contributed by atoms with van der Waals surface area (Å²) < 4.78 is 46.6. The fourth-order valence-electron chi connectivity index (χ4n) is 9.21. The van der Waals surface area contributed by atoms with Gasteiger partial charge in [0.25, 0.3) is 0 Å². The monoisotopic (exact) mass is 816 g/mol. The Hall–Kier alpha value is -4.49. The van der Waals surface area contributed by atoms with Crippen molar-refractivity contribution in [1.82, 2.24) is 4.90 Å². The Morgan fingerprint density at radius 1 is 0.983 bits per heavy atom. The molecule has 0 spiro atoms. The molecule has 59 heavy (non-hydrogen) atoms. The van der Waals surface area contributed by atoms with Crippen molar-refractivity contribution in [3.63, 3.8) is 0 Å². The van der Waals surface area contributed by atoms with Crippen LogP contribution in [0.25, 0.3) is 0 Å². The van der Waals surface area contributed by atoms with Gasteiger partial charge in [0.05, 0.1) is 31.5 Å². The Balaban J connectivity index is 1.59. The number of ether oxygens (including phenoxy) is 5. The first-order valence-electron chi connectivity index (χ1n) is 21.3. The van der Waals surface area contributed by atoms with Gasteiger partial charge >= 0.3 is 6.09 Å². The summed E-state index contributed by atoms with van der Waals surface area (Å²) in [5, 5.41) is 24.7. The van der Waals surface area contributed by atoms with Gasteiger partial charge in [-0.15, -0.1) is 13.2 Å². The molecule has 1 amide bonds. The summed E-state index contributed by atoms with van der Waals surface area (Å²) >= 11 is 0. The Bertz CT molecular complexity index is 1780. The van der Waals surface area contributed by atoms with E-state index >= 15 is 0 Å². The van der Waals surface area contributed by atoms with Crippen molar-refractivity contribution in [1.29, 1.82) is 0 Å². The zero-order valence-electron chi connectivity index (χ0n) is 34.2. The van der Waals surface area contributed by atoms with Crippen molar-refractivity contribution in [3.8, 4) is 11.5 Å². The number of unbranched alkanes of at least 4 members (excludes halogenated alkanes) is 2. The van der Waals surface area contributed by atoms with E-state index < -0.39 is 35.9 Å². The van der Waals surface area contributed by atoms with E-state index in [4.69, 9.17) is 33.7 Å². The van der Waals surface area contributed by atoms with Gasteiger partial charge in [-0.25, -0.2) is 9.18 Å². The molecule has 12 heteroatoms. The average molecular weight is 817 g/mol. The lowest BCUT2D eigenvalue weighted by molar-refractivity contribution is -0.256. The van der Waals surface area contributed by atoms with E-state index in [1.807, 2.05) is 18.2 Å². The number of fused-ring (bicyclic) bond motifs is 2. The highest BCUT2D eigenvalue weighted by molar-refractivity contribution is 6.03. The van der Waals surface area contributed by atoms with Gasteiger partial charge < -0.3 is 38.7 Å². The van der Waals surface area contributed by atoms with Gasteiger partial charge in [-0.2, -0.15) is 0 Å². The van der Waals surface area contributed by atoms with Crippen LogP contribution in [0.4, 0.5) is 9.18 Å². The van der Waals surface area contributed by atoms with Gasteiger partial charge in [0.2, 0.25) is 12.1 Å². The Kier molecular flexibility index (Phi) is 16.2. The Labute approximate surface area is 348 Å². The average Bonchev–Trinajstić information content (AvgIpc) is 3.25. The van der Waals surface area contributed by atoms with Gasteiger partial charge in [0.1, 0.15) is 30.0 Å². The molecule has 2 heterocycles. The van der Waals surface area contributed by atoms with E-state index in [0.717, 1.165) is 49.7 Å². The largest absolute Gasteiger partial charge is 0.490 e. The molecular formula is C47H61FN2O9. The van der Waals surface area contributed by atoms with Gasteiger partial charge in [-0.3, -0.25) is 4.90 Å². The summed E-state index contributed by atoms with van der Waals surface area (Å²) in [5.74, 6) is -1.29. The third kappa shape index (κ3) is 10.5. The number of carbonyl (C=O) groups is 1. The van der Waals surface area contributed by atoms with Crippen molar-refractivity contribution >= 4 is 11.8 Å². The molecule has 2 aliphatic carbocycles. The fraction of sp³-hybridized carbons (Fsp3) is 0.532.